The standard InChI is InChI=1S/4C7H14O.C6H10F2.C6H12O.C6H12.C5H10O.C4H8.CH4/c1-7(2)5-3-4-6-8-7;3*1-6-4-3-5-7(2)8-6;7-6(8)4-2-1-3-5-6;1-6-4-2-3-5-7-6;1-6(2)4-3-5-6;1-2-4-6-5-3-1;1-2-4-3-1;/h3-6H2,1-2H3;3*6-7H,3-5H2,1-2H3;1-5H2;6H,2-5H2,1H3;3-5H2,1-2H3;1-5H2;1-4H2;1H4/t;6-,7+;2*6-,7-;;6-;;;;/m..10.0..../s1. The summed E-state index contributed by atoms with van der Waals surface area (Å²) in [6.07, 6.45) is 39.9. The van der Waals surface area contributed by atoms with Gasteiger partial charge in [0, 0.05) is 39.3 Å². The van der Waals surface area contributed by atoms with Crippen molar-refractivity contribution < 1.29 is 37.2 Å². The lowest BCUT2D eigenvalue weighted by Crippen LogP contribution is -2.28. The second-order valence-electron chi connectivity index (χ2n) is 21.8. The summed E-state index contributed by atoms with van der Waals surface area (Å²) < 4.78 is 56.7. The minimum absolute atomic E-state index is 0. The minimum Gasteiger partial charge on any atom is -0.381 e. The lowest BCUT2D eigenvalue weighted by molar-refractivity contribution is -0.0511. The summed E-state index contributed by atoms with van der Waals surface area (Å²) >= 11 is 0. The maximum Gasteiger partial charge on any atom is 0.248 e. The van der Waals surface area contributed by atoms with Gasteiger partial charge >= 0.3 is 0 Å². The molecule has 0 N–H and O–H groups in total. The van der Waals surface area contributed by atoms with Gasteiger partial charge in [-0.1, -0.05) is 59.8 Å². The van der Waals surface area contributed by atoms with Crippen molar-refractivity contribution in [2.45, 2.75) is 330 Å². The average molecular weight is 920 g/mol. The van der Waals surface area contributed by atoms with Crippen LogP contribution in [0.15, 0.2) is 0 Å². The third-order valence-electron chi connectivity index (χ3n) is 13.5. The summed E-state index contributed by atoms with van der Waals surface area (Å²) in [4.78, 5) is 0. The lowest BCUT2D eigenvalue weighted by atomic mass is 9.72. The molecule has 0 amide bonds. The number of ether oxygens (including phenoxy) is 6. The zero-order valence-corrected chi connectivity index (χ0v) is 43.8. The van der Waals surface area contributed by atoms with Crippen molar-refractivity contribution in [2.75, 3.05) is 26.4 Å². The molecule has 0 unspecified atom stereocenters. The fourth-order valence-corrected chi connectivity index (χ4v) is 8.54. The van der Waals surface area contributed by atoms with Crippen LogP contribution in [-0.4, -0.2) is 80.7 Å². The molecule has 8 heteroatoms. The van der Waals surface area contributed by atoms with E-state index in [0.29, 0.717) is 55.6 Å². The highest BCUT2D eigenvalue weighted by Crippen LogP contribution is 2.39. The summed E-state index contributed by atoms with van der Waals surface area (Å²) in [5.41, 5.74) is 0.901. The van der Waals surface area contributed by atoms with Crippen LogP contribution in [0.2, 0.25) is 0 Å². The van der Waals surface area contributed by atoms with Crippen LogP contribution in [0.4, 0.5) is 8.78 Å². The fraction of sp³-hybridized carbons (Fsp3) is 1.00. The van der Waals surface area contributed by atoms with Gasteiger partial charge in [-0.3, -0.25) is 0 Å². The molecular formula is C56H112F2O6. The Kier molecular flexibility index (Phi) is 38.2. The number of rotatable bonds is 0. The monoisotopic (exact) mass is 919 g/mol. The van der Waals surface area contributed by atoms with Crippen LogP contribution in [0.1, 0.15) is 276 Å². The number of hydrogen-bond acceptors (Lipinski definition) is 6. The number of hydrogen-bond donors (Lipinski definition) is 0. The SMILES string of the molecule is C.C1CCC1.C1CCOCC1.CC1(C)CCC1.CC1(C)CCCCO1.C[C@@H]1CCC[C@@H](C)O1.C[C@@H]1CCC[C@H](C)O1.C[C@H]1CCCCO1.C[C@H]1CCC[C@H](C)O1.FC1(F)CCCCC1. The van der Waals surface area contributed by atoms with E-state index in [1.807, 2.05) is 0 Å². The molecule has 6 heterocycles. The molecule has 0 spiro atoms. The normalized spacial score (nSPS) is 31.9. The smallest absolute Gasteiger partial charge is 0.248 e. The van der Waals surface area contributed by atoms with E-state index < -0.39 is 5.92 Å². The summed E-state index contributed by atoms with van der Waals surface area (Å²) in [5.74, 6) is -2.32. The van der Waals surface area contributed by atoms with Gasteiger partial charge in [0.1, 0.15) is 0 Å². The maximum absolute atomic E-state index is 12.2. The molecule has 0 radical (unpaired) electrons. The molecule has 3 aliphatic carbocycles. The van der Waals surface area contributed by atoms with E-state index in [9.17, 15) is 8.78 Å². The minimum atomic E-state index is -2.32. The maximum atomic E-state index is 12.2. The Morgan fingerprint density at radius 1 is 0.344 bits per heavy atom. The molecule has 6 nitrogen and oxygen atoms in total. The fourth-order valence-electron chi connectivity index (χ4n) is 8.54. The topological polar surface area (TPSA) is 55.4 Å². The molecule has 9 rings (SSSR count). The summed E-state index contributed by atoms with van der Waals surface area (Å²) in [6.45, 7) is 28.0. The quantitative estimate of drug-likeness (QED) is 0.241. The second kappa shape index (κ2) is 38.5. The molecule has 7 atom stereocenters. The van der Waals surface area contributed by atoms with Crippen molar-refractivity contribution in [2.24, 2.45) is 5.41 Å². The first-order chi connectivity index (χ1) is 29.9. The van der Waals surface area contributed by atoms with Gasteiger partial charge < -0.3 is 28.4 Å². The average Bonchev–Trinajstić information content (AvgIpc) is 3.19. The molecule has 0 aromatic carbocycles. The van der Waals surface area contributed by atoms with Crippen LogP contribution in [0.5, 0.6) is 0 Å². The van der Waals surface area contributed by atoms with Crippen LogP contribution in [0.3, 0.4) is 0 Å². The molecule has 0 bridgehead atoms. The predicted molar refractivity (Wildman–Crippen MR) is 270 cm³/mol. The third-order valence-corrected chi connectivity index (χ3v) is 13.5. The third kappa shape index (κ3) is 39.6. The molecule has 0 aromatic heterocycles. The van der Waals surface area contributed by atoms with Gasteiger partial charge in [0.2, 0.25) is 5.92 Å². The van der Waals surface area contributed by atoms with E-state index in [1.54, 1.807) is 0 Å². The van der Waals surface area contributed by atoms with Gasteiger partial charge in [0.15, 0.2) is 0 Å². The van der Waals surface area contributed by atoms with Crippen LogP contribution >= 0.6 is 0 Å². The van der Waals surface area contributed by atoms with Crippen LogP contribution in [-0.2, 0) is 28.4 Å². The van der Waals surface area contributed by atoms with Crippen molar-refractivity contribution in [1.29, 1.82) is 0 Å². The highest BCUT2D eigenvalue weighted by atomic mass is 19.3. The molecule has 386 valence electrons. The van der Waals surface area contributed by atoms with Crippen LogP contribution < -0.4 is 0 Å². The van der Waals surface area contributed by atoms with Gasteiger partial charge in [-0.05, 0) is 209 Å². The highest BCUT2D eigenvalue weighted by molar-refractivity contribution is 4.77. The van der Waals surface area contributed by atoms with E-state index in [4.69, 9.17) is 28.4 Å². The van der Waals surface area contributed by atoms with E-state index in [1.165, 1.54) is 161 Å². The zero-order chi connectivity index (χ0) is 46.8. The molecule has 6 saturated heterocycles. The zero-order valence-electron chi connectivity index (χ0n) is 43.8. The van der Waals surface area contributed by atoms with Crippen molar-refractivity contribution in [3.8, 4) is 0 Å². The Labute approximate surface area is 398 Å². The highest BCUT2D eigenvalue weighted by Gasteiger charge is 2.30. The molecule has 0 aromatic rings. The van der Waals surface area contributed by atoms with E-state index >= 15 is 0 Å². The summed E-state index contributed by atoms with van der Waals surface area (Å²) in [7, 11) is 0. The number of halogens is 2. The first-order valence-electron chi connectivity index (χ1n) is 27.1. The predicted octanol–water partition coefficient (Wildman–Crippen LogP) is 17.6. The van der Waals surface area contributed by atoms with Gasteiger partial charge in [0.25, 0.3) is 0 Å². The van der Waals surface area contributed by atoms with Crippen molar-refractivity contribution in [3.63, 3.8) is 0 Å². The van der Waals surface area contributed by atoms with Gasteiger partial charge in [-0.2, -0.15) is 0 Å². The molecule has 9 aliphatic rings. The van der Waals surface area contributed by atoms with Crippen LogP contribution in [0, 0.1) is 5.41 Å². The Hall–Kier alpha value is -0.380. The number of alkyl halides is 2. The Balaban J connectivity index is 0.000000700. The Morgan fingerprint density at radius 2 is 0.672 bits per heavy atom. The largest absolute Gasteiger partial charge is 0.381 e. The summed E-state index contributed by atoms with van der Waals surface area (Å²) in [6, 6.07) is 0. The van der Waals surface area contributed by atoms with Gasteiger partial charge in [-0.25, -0.2) is 8.78 Å². The first-order valence-corrected chi connectivity index (χ1v) is 27.1. The van der Waals surface area contributed by atoms with Crippen LogP contribution in [0.25, 0.3) is 0 Å². The van der Waals surface area contributed by atoms with E-state index in [0.717, 1.165) is 38.3 Å². The first kappa shape index (κ1) is 63.6. The van der Waals surface area contributed by atoms with E-state index in [-0.39, 0.29) is 25.9 Å². The molecule has 64 heavy (non-hydrogen) atoms. The van der Waals surface area contributed by atoms with Gasteiger partial charge in [-0.15, -0.1) is 0 Å². The molecule has 3 saturated carbocycles. The van der Waals surface area contributed by atoms with E-state index in [2.05, 4.69) is 76.2 Å². The Bertz CT molecular complexity index is 880. The molecular weight excluding hydrogens is 807 g/mol. The summed E-state index contributed by atoms with van der Waals surface area (Å²) in [5, 5.41) is 0. The van der Waals surface area contributed by atoms with Crippen molar-refractivity contribution in [1.82, 2.24) is 0 Å². The Morgan fingerprint density at radius 3 is 0.812 bits per heavy atom. The van der Waals surface area contributed by atoms with Crippen molar-refractivity contribution in [3.05, 3.63) is 0 Å². The molecule has 9 fully saturated rings. The molecule has 6 aliphatic heterocycles. The van der Waals surface area contributed by atoms with Crippen molar-refractivity contribution >= 4 is 0 Å². The lowest BCUT2D eigenvalue weighted by Gasteiger charge is -2.33. The second-order valence-corrected chi connectivity index (χ2v) is 21.8. The van der Waals surface area contributed by atoms with Gasteiger partial charge in [0.05, 0.1) is 48.3 Å².